The molecule has 0 radical (unpaired) electrons. The molecule has 6 nitrogen and oxygen atoms in total. The molecule has 106 valence electrons. The van der Waals surface area contributed by atoms with E-state index >= 15 is 0 Å². The fraction of sp³-hybridized carbons (Fsp3) is 0.538. The van der Waals surface area contributed by atoms with Gasteiger partial charge < -0.3 is 15.4 Å². The Bertz CT molecular complexity index is 407. The molecule has 0 aromatic carbocycles. The first-order valence-corrected chi connectivity index (χ1v) is 6.51. The van der Waals surface area contributed by atoms with E-state index in [0.717, 1.165) is 12.8 Å². The molecule has 0 aliphatic carbocycles. The van der Waals surface area contributed by atoms with Gasteiger partial charge in [-0.05, 0) is 18.9 Å². The van der Waals surface area contributed by atoms with Crippen LogP contribution in [0.4, 0.5) is 5.69 Å². The van der Waals surface area contributed by atoms with Crippen LogP contribution in [0, 0.1) is 0 Å². The smallest absolute Gasteiger partial charge is 0.257 e. The van der Waals surface area contributed by atoms with Crippen molar-refractivity contribution in [2.75, 3.05) is 18.6 Å². The zero-order chi connectivity index (χ0) is 14.3. The van der Waals surface area contributed by atoms with Crippen LogP contribution < -0.4 is 11.3 Å². The third-order valence-electron chi connectivity index (χ3n) is 3.19. The largest absolute Gasteiger partial charge is 0.395 e. The van der Waals surface area contributed by atoms with Crippen molar-refractivity contribution in [1.82, 2.24) is 9.88 Å². The summed E-state index contributed by atoms with van der Waals surface area (Å²) in [6.07, 6.45) is 4.74. The molecular weight excluding hydrogens is 244 g/mol. The summed E-state index contributed by atoms with van der Waals surface area (Å²) in [5.74, 6) is 5.24. The molecule has 0 aliphatic rings. The molecule has 1 rings (SSSR count). The Morgan fingerprint density at radius 1 is 1.53 bits per heavy atom. The summed E-state index contributed by atoms with van der Waals surface area (Å²) in [6, 6.07) is 1.75. The van der Waals surface area contributed by atoms with Crippen LogP contribution in [0.5, 0.6) is 0 Å². The average Bonchev–Trinajstić information content (AvgIpc) is 2.46. The fourth-order valence-electron chi connectivity index (χ4n) is 2.13. The van der Waals surface area contributed by atoms with Gasteiger partial charge in [0.1, 0.15) is 0 Å². The number of nitrogens with zero attached hydrogens (tertiary/aromatic N) is 2. The van der Waals surface area contributed by atoms with Crippen LogP contribution in [0.2, 0.25) is 0 Å². The second kappa shape index (κ2) is 7.70. The van der Waals surface area contributed by atoms with Crippen molar-refractivity contribution >= 4 is 11.6 Å². The van der Waals surface area contributed by atoms with Gasteiger partial charge in [0.05, 0.1) is 17.9 Å². The van der Waals surface area contributed by atoms with Crippen molar-refractivity contribution in [3.63, 3.8) is 0 Å². The number of nitrogen functional groups attached to an aromatic ring is 1. The van der Waals surface area contributed by atoms with E-state index in [9.17, 15) is 4.79 Å². The van der Waals surface area contributed by atoms with E-state index in [1.54, 1.807) is 17.2 Å². The molecule has 19 heavy (non-hydrogen) atoms. The number of rotatable bonds is 7. The standard InChI is InChI=1S/C13H22N4O2/c1-3-10(4-2)17(7-8-18)13(19)11-9-15-6-5-12(11)16-14/h5-6,9-10,18H,3-4,7-8,14H2,1-2H3,(H,15,16). The van der Waals surface area contributed by atoms with Gasteiger partial charge in [-0.2, -0.15) is 0 Å². The number of amides is 1. The monoisotopic (exact) mass is 266 g/mol. The first kappa shape index (κ1) is 15.4. The van der Waals surface area contributed by atoms with Crippen LogP contribution >= 0.6 is 0 Å². The normalized spacial score (nSPS) is 10.6. The van der Waals surface area contributed by atoms with Crippen molar-refractivity contribution < 1.29 is 9.90 Å². The van der Waals surface area contributed by atoms with Gasteiger partial charge in [0.2, 0.25) is 0 Å². The number of anilines is 1. The maximum absolute atomic E-state index is 12.6. The number of pyridine rings is 1. The van der Waals surface area contributed by atoms with E-state index in [1.807, 2.05) is 13.8 Å². The van der Waals surface area contributed by atoms with Gasteiger partial charge in [-0.15, -0.1) is 0 Å². The minimum absolute atomic E-state index is 0.0616. The van der Waals surface area contributed by atoms with Crippen molar-refractivity contribution in [3.8, 4) is 0 Å². The van der Waals surface area contributed by atoms with E-state index in [1.165, 1.54) is 6.20 Å². The molecule has 6 heteroatoms. The second-order valence-corrected chi connectivity index (χ2v) is 4.26. The van der Waals surface area contributed by atoms with Gasteiger partial charge in [0.15, 0.2) is 0 Å². The van der Waals surface area contributed by atoms with Crippen molar-refractivity contribution in [2.45, 2.75) is 32.7 Å². The Morgan fingerprint density at radius 3 is 2.74 bits per heavy atom. The van der Waals surface area contributed by atoms with Gasteiger partial charge >= 0.3 is 0 Å². The van der Waals surface area contributed by atoms with Crippen LogP contribution in [-0.4, -0.2) is 40.1 Å². The minimum Gasteiger partial charge on any atom is -0.395 e. The quantitative estimate of drug-likeness (QED) is 0.505. The summed E-state index contributed by atoms with van der Waals surface area (Å²) in [6.45, 7) is 4.30. The number of hydrogen-bond acceptors (Lipinski definition) is 5. The first-order valence-electron chi connectivity index (χ1n) is 6.51. The van der Waals surface area contributed by atoms with Crippen LogP contribution in [-0.2, 0) is 0 Å². The lowest BCUT2D eigenvalue weighted by molar-refractivity contribution is 0.0623. The predicted octanol–water partition coefficient (Wildman–Crippen LogP) is 0.990. The Labute approximate surface area is 113 Å². The molecule has 1 aromatic heterocycles. The van der Waals surface area contributed by atoms with Gasteiger partial charge in [-0.3, -0.25) is 15.6 Å². The molecule has 4 N–H and O–H groups in total. The average molecular weight is 266 g/mol. The summed E-state index contributed by atoms with van der Waals surface area (Å²) >= 11 is 0. The molecule has 0 atom stereocenters. The van der Waals surface area contributed by atoms with Crippen LogP contribution in [0.25, 0.3) is 0 Å². The van der Waals surface area contributed by atoms with E-state index in [0.29, 0.717) is 17.8 Å². The highest BCUT2D eigenvalue weighted by molar-refractivity contribution is 5.99. The van der Waals surface area contributed by atoms with Crippen molar-refractivity contribution in [3.05, 3.63) is 24.0 Å². The molecule has 1 heterocycles. The molecule has 0 aliphatic heterocycles. The Balaban J connectivity index is 3.04. The number of hydrogen-bond donors (Lipinski definition) is 3. The summed E-state index contributed by atoms with van der Waals surface area (Å²) in [5, 5.41) is 9.15. The number of aliphatic hydroxyl groups is 1. The highest BCUT2D eigenvalue weighted by Crippen LogP contribution is 2.18. The summed E-state index contributed by atoms with van der Waals surface area (Å²) in [7, 11) is 0. The summed E-state index contributed by atoms with van der Waals surface area (Å²) in [4.78, 5) is 18.2. The van der Waals surface area contributed by atoms with Crippen molar-refractivity contribution in [2.24, 2.45) is 5.84 Å². The Kier molecular flexibility index (Phi) is 6.24. The lowest BCUT2D eigenvalue weighted by Crippen LogP contribution is -2.42. The number of nitrogens with two attached hydrogens (primary N) is 1. The number of nitrogens with one attached hydrogen (secondary N) is 1. The predicted molar refractivity (Wildman–Crippen MR) is 74.5 cm³/mol. The number of carbonyl (C=O) groups is 1. The molecule has 0 fully saturated rings. The maximum atomic E-state index is 12.6. The molecule has 0 saturated heterocycles. The van der Waals surface area contributed by atoms with Gasteiger partial charge in [-0.25, -0.2) is 0 Å². The highest BCUT2D eigenvalue weighted by Gasteiger charge is 2.23. The van der Waals surface area contributed by atoms with Gasteiger partial charge in [0, 0.05) is 25.0 Å². The first-order chi connectivity index (χ1) is 9.19. The molecule has 0 spiro atoms. The number of aliphatic hydroxyl groups excluding tert-OH is 1. The van der Waals surface area contributed by atoms with Gasteiger partial charge in [-0.1, -0.05) is 13.8 Å². The summed E-state index contributed by atoms with van der Waals surface area (Å²) < 4.78 is 0. The lowest BCUT2D eigenvalue weighted by Gasteiger charge is -2.30. The third kappa shape index (κ3) is 3.65. The second-order valence-electron chi connectivity index (χ2n) is 4.26. The van der Waals surface area contributed by atoms with Gasteiger partial charge in [0.25, 0.3) is 5.91 Å². The Morgan fingerprint density at radius 2 is 2.21 bits per heavy atom. The Hall–Kier alpha value is -1.66. The van der Waals surface area contributed by atoms with Crippen LogP contribution in [0.3, 0.4) is 0 Å². The van der Waals surface area contributed by atoms with E-state index in [2.05, 4.69) is 10.4 Å². The molecule has 0 bridgehead atoms. The van der Waals surface area contributed by atoms with Crippen LogP contribution in [0.15, 0.2) is 18.5 Å². The highest BCUT2D eigenvalue weighted by atomic mass is 16.3. The fourth-order valence-corrected chi connectivity index (χ4v) is 2.13. The summed E-state index contributed by atoms with van der Waals surface area (Å²) in [5.41, 5.74) is 3.46. The molecule has 0 unspecified atom stereocenters. The zero-order valence-electron chi connectivity index (χ0n) is 11.5. The van der Waals surface area contributed by atoms with E-state index in [-0.39, 0.29) is 18.6 Å². The number of aromatic nitrogens is 1. The maximum Gasteiger partial charge on any atom is 0.257 e. The molecule has 0 saturated carbocycles. The number of carbonyl (C=O) groups excluding carboxylic acids is 1. The third-order valence-corrected chi connectivity index (χ3v) is 3.19. The van der Waals surface area contributed by atoms with Crippen molar-refractivity contribution in [1.29, 1.82) is 0 Å². The lowest BCUT2D eigenvalue weighted by atomic mass is 10.1. The minimum atomic E-state index is -0.163. The molecular formula is C13H22N4O2. The topological polar surface area (TPSA) is 91.5 Å². The zero-order valence-corrected chi connectivity index (χ0v) is 11.5. The van der Waals surface area contributed by atoms with E-state index in [4.69, 9.17) is 10.9 Å². The molecule has 1 amide bonds. The SMILES string of the molecule is CCC(CC)N(CCO)C(=O)c1cnccc1NN. The molecule has 1 aromatic rings. The van der Waals surface area contributed by atoms with E-state index < -0.39 is 0 Å². The number of hydrazine groups is 1. The van der Waals surface area contributed by atoms with Crippen LogP contribution in [0.1, 0.15) is 37.0 Å².